The zero-order valence-corrected chi connectivity index (χ0v) is 34.4. The third-order valence-electron chi connectivity index (χ3n) is 12.8. The van der Waals surface area contributed by atoms with E-state index in [0.717, 1.165) is 60.7 Å². The highest BCUT2D eigenvalue weighted by molar-refractivity contribution is 7.25. The maximum atomic E-state index is 7.01. The third-order valence-corrected chi connectivity index (χ3v) is 13.9. The molecular formula is C57H32N4OS. The number of hydrogen-bond acceptors (Lipinski definition) is 5. The maximum Gasteiger partial charge on any atom is 0.164 e. The molecule has 6 heteroatoms. The van der Waals surface area contributed by atoms with Crippen molar-refractivity contribution >= 4 is 108 Å². The summed E-state index contributed by atoms with van der Waals surface area (Å²) in [7, 11) is 0. The molecule has 0 aliphatic carbocycles. The van der Waals surface area contributed by atoms with Gasteiger partial charge in [-0.2, -0.15) is 0 Å². The number of furan rings is 1. The van der Waals surface area contributed by atoms with E-state index in [1.54, 1.807) is 11.3 Å². The van der Waals surface area contributed by atoms with E-state index >= 15 is 0 Å². The summed E-state index contributed by atoms with van der Waals surface area (Å²) in [6.07, 6.45) is 0. The largest absolute Gasteiger partial charge is 0.454 e. The quantitative estimate of drug-likeness (QED) is 0.177. The lowest BCUT2D eigenvalue weighted by Crippen LogP contribution is -2.01. The Morgan fingerprint density at radius 2 is 0.921 bits per heavy atom. The summed E-state index contributed by atoms with van der Waals surface area (Å²) in [5.41, 5.74) is 7.50. The smallest absolute Gasteiger partial charge is 0.164 e. The van der Waals surface area contributed by atoms with Gasteiger partial charge in [-0.1, -0.05) is 121 Å². The Balaban J connectivity index is 1.06. The average molecular weight is 821 g/mol. The molecule has 4 aromatic heterocycles. The van der Waals surface area contributed by atoms with Gasteiger partial charge in [-0.25, -0.2) is 15.0 Å². The minimum atomic E-state index is 0.584. The second kappa shape index (κ2) is 13.2. The van der Waals surface area contributed by atoms with Gasteiger partial charge in [-0.3, -0.25) is 0 Å². The fraction of sp³-hybridized carbons (Fsp3) is 0. The molecule has 4 heterocycles. The summed E-state index contributed by atoms with van der Waals surface area (Å²) in [5.74, 6) is 1.81. The molecule has 14 rings (SSSR count). The van der Waals surface area contributed by atoms with Crippen LogP contribution in [0.15, 0.2) is 199 Å². The average Bonchev–Trinajstić information content (AvgIpc) is 4.01. The van der Waals surface area contributed by atoms with Crippen LogP contribution in [0.5, 0.6) is 0 Å². The van der Waals surface area contributed by atoms with Crippen LogP contribution in [-0.4, -0.2) is 19.5 Å². The first-order valence-electron chi connectivity index (χ1n) is 21.2. The molecule has 0 N–H and O–H groups in total. The van der Waals surface area contributed by atoms with E-state index in [1.165, 1.54) is 57.9 Å². The predicted molar refractivity (Wildman–Crippen MR) is 263 cm³/mol. The normalized spacial score (nSPS) is 12.1. The van der Waals surface area contributed by atoms with Gasteiger partial charge in [0.05, 0.1) is 16.7 Å². The van der Waals surface area contributed by atoms with Crippen LogP contribution < -0.4 is 0 Å². The number of rotatable bonds is 4. The molecule has 0 bridgehead atoms. The first-order valence-corrected chi connectivity index (χ1v) is 22.0. The van der Waals surface area contributed by atoms with E-state index in [4.69, 9.17) is 19.4 Å². The fourth-order valence-electron chi connectivity index (χ4n) is 9.77. The maximum absolute atomic E-state index is 7.01. The lowest BCUT2D eigenvalue weighted by Gasteiger charge is -2.13. The summed E-state index contributed by atoms with van der Waals surface area (Å²) in [6.45, 7) is 0. The van der Waals surface area contributed by atoms with Crippen molar-refractivity contribution in [3.8, 4) is 39.9 Å². The Bertz CT molecular complexity index is 4140. The molecule has 10 aromatic carbocycles. The van der Waals surface area contributed by atoms with Gasteiger partial charge < -0.3 is 8.98 Å². The van der Waals surface area contributed by atoms with Crippen molar-refractivity contribution in [3.63, 3.8) is 0 Å². The van der Waals surface area contributed by atoms with Crippen LogP contribution in [0.3, 0.4) is 0 Å². The van der Waals surface area contributed by atoms with Crippen LogP contribution in [-0.2, 0) is 0 Å². The summed E-state index contributed by atoms with van der Waals surface area (Å²) in [6, 6.07) is 69.2. The minimum Gasteiger partial charge on any atom is -0.454 e. The molecule has 0 aliphatic heterocycles. The number of aromatic nitrogens is 4. The Morgan fingerprint density at radius 1 is 0.381 bits per heavy atom. The third kappa shape index (κ3) is 5.25. The highest BCUT2D eigenvalue weighted by Gasteiger charge is 2.24. The molecule has 0 unspecified atom stereocenters. The summed E-state index contributed by atoms with van der Waals surface area (Å²) >= 11 is 1.81. The number of hydrogen-bond donors (Lipinski definition) is 0. The standard InChI is InChI=1S/C57H32N4OS/c1-2-12-34-27-39(22-21-33(34)11-1)55-58-56(40-23-26-52-46(30-40)41-17-8-10-20-51(41)63-52)60-57(59-55)43-24-25-47(54-53(43)42-18-7-9-19-50(42)62-54)61-48-31-37-15-5-3-13-35(37)28-44(48)45-29-36-14-4-6-16-38(36)32-49(45)61/h1-32H. The molecule has 0 radical (unpaired) electrons. The highest BCUT2D eigenvalue weighted by atomic mass is 32.1. The molecule has 0 saturated carbocycles. The van der Waals surface area contributed by atoms with E-state index in [2.05, 4.69) is 193 Å². The van der Waals surface area contributed by atoms with Gasteiger partial charge in [-0.15, -0.1) is 11.3 Å². The van der Waals surface area contributed by atoms with Crippen molar-refractivity contribution in [1.82, 2.24) is 19.5 Å². The zero-order valence-electron chi connectivity index (χ0n) is 33.6. The van der Waals surface area contributed by atoms with Crippen LogP contribution in [0.2, 0.25) is 0 Å². The molecule has 0 atom stereocenters. The molecule has 0 saturated heterocycles. The lowest BCUT2D eigenvalue weighted by atomic mass is 10.0. The number of nitrogens with zero attached hydrogens (tertiary/aromatic N) is 4. The predicted octanol–water partition coefficient (Wildman–Crippen LogP) is 15.7. The molecule has 0 fully saturated rings. The fourth-order valence-corrected chi connectivity index (χ4v) is 10.9. The Morgan fingerprint density at radius 3 is 1.63 bits per heavy atom. The van der Waals surface area contributed by atoms with Gasteiger partial charge in [-0.05, 0) is 105 Å². The summed E-state index contributed by atoms with van der Waals surface area (Å²) in [4.78, 5) is 15.9. The minimum absolute atomic E-state index is 0.584. The van der Waals surface area contributed by atoms with Crippen molar-refractivity contribution in [2.75, 3.05) is 0 Å². The molecule has 292 valence electrons. The molecule has 14 aromatic rings. The second-order valence-electron chi connectivity index (χ2n) is 16.4. The van der Waals surface area contributed by atoms with Crippen LogP contribution in [0, 0.1) is 0 Å². The van der Waals surface area contributed by atoms with Crippen molar-refractivity contribution in [3.05, 3.63) is 194 Å². The van der Waals surface area contributed by atoms with E-state index in [1.807, 2.05) is 6.07 Å². The zero-order chi connectivity index (χ0) is 41.2. The van der Waals surface area contributed by atoms with Gasteiger partial charge in [0.25, 0.3) is 0 Å². The van der Waals surface area contributed by atoms with Crippen molar-refractivity contribution in [2.24, 2.45) is 0 Å². The molecule has 5 nitrogen and oxygen atoms in total. The van der Waals surface area contributed by atoms with Crippen LogP contribution in [0.1, 0.15) is 0 Å². The van der Waals surface area contributed by atoms with E-state index in [0.29, 0.717) is 17.5 Å². The SMILES string of the molecule is c1ccc2cc(-c3nc(-c4ccc5sc6ccccc6c5c4)nc(-c4ccc(-n5c6cc7ccccc7cc6c6cc7ccccc7cc65)c5oc6ccccc6c45)n3)ccc2c1. The molecule has 0 spiro atoms. The van der Waals surface area contributed by atoms with Crippen LogP contribution in [0.4, 0.5) is 0 Å². The lowest BCUT2D eigenvalue weighted by molar-refractivity contribution is 0.666. The number of benzene rings is 10. The number of fused-ring (bicyclic) bond motifs is 12. The van der Waals surface area contributed by atoms with Gasteiger partial charge in [0, 0.05) is 58.4 Å². The Hall–Kier alpha value is -8.19. The highest BCUT2D eigenvalue weighted by Crippen LogP contribution is 2.44. The summed E-state index contributed by atoms with van der Waals surface area (Å²) < 4.78 is 11.9. The summed E-state index contributed by atoms with van der Waals surface area (Å²) in [5, 5.41) is 13.9. The topological polar surface area (TPSA) is 56.7 Å². The van der Waals surface area contributed by atoms with E-state index in [9.17, 15) is 0 Å². The van der Waals surface area contributed by atoms with Crippen molar-refractivity contribution in [2.45, 2.75) is 0 Å². The van der Waals surface area contributed by atoms with Gasteiger partial charge in [0.1, 0.15) is 5.58 Å². The second-order valence-corrected chi connectivity index (χ2v) is 17.5. The van der Waals surface area contributed by atoms with Crippen LogP contribution >= 0.6 is 11.3 Å². The molecular weight excluding hydrogens is 789 g/mol. The van der Waals surface area contributed by atoms with E-state index in [-0.39, 0.29) is 0 Å². The van der Waals surface area contributed by atoms with Crippen molar-refractivity contribution < 1.29 is 4.42 Å². The van der Waals surface area contributed by atoms with Gasteiger partial charge in [0.15, 0.2) is 23.1 Å². The number of para-hydroxylation sites is 1. The van der Waals surface area contributed by atoms with Gasteiger partial charge in [0.2, 0.25) is 0 Å². The Labute approximate surface area is 363 Å². The van der Waals surface area contributed by atoms with E-state index < -0.39 is 0 Å². The first-order chi connectivity index (χ1) is 31.2. The Kier molecular flexibility index (Phi) is 7.21. The molecule has 0 aliphatic rings. The molecule has 63 heavy (non-hydrogen) atoms. The van der Waals surface area contributed by atoms with Crippen LogP contribution in [0.25, 0.3) is 136 Å². The number of thiophene rings is 1. The molecule has 0 amide bonds. The monoisotopic (exact) mass is 820 g/mol. The van der Waals surface area contributed by atoms with Crippen molar-refractivity contribution in [1.29, 1.82) is 0 Å². The first kappa shape index (κ1) is 34.5. The van der Waals surface area contributed by atoms with Gasteiger partial charge >= 0.3 is 0 Å².